The number of carbonyl (C=O) groups excluding carboxylic acids is 1. The van der Waals surface area contributed by atoms with E-state index in [-0.39, 0.29) is 11.8 Å². The summed E-state index contributed by atoms with van der Waals surface area (Å²) in [6, 6.07) is 10.7. The first-order valence-electron chi connectivity index (χ1n) is 9.64. The molecule has 3 aromatic rings. The van der Waals surface area contributed by atoms with Crippen molar-refractivity contribution in [1.82, 2.24) is 9.78 Å². The molecule has 0 saturated heterocycles. The number of rotatable bonds is 9. The van der Waals surface area contributed by atoms with Gasteiger partial charge >= 0.3 is 5.97 Å². The minimum absolute atomic E-state index is 0.245. The number of hydrogen-bond donors (Lipinski definition) is 0. The Bertz CT molecular complexity index is 1000. The Morgan fingerprint density at radius 1 is 1.10 bits per heavy atom. The Labute approximate surface area is 177 Å². The van der Waals surface area contributed by atoms with Crippen LogP contribution in [0.2, 0.25) is 0 Å². The molecular weight excluding hydrogens is 439 g/mol. The molecular formula is C22H24BrFN2O3. The lowest BCUT2D eigenvalue weighted by Crippen LogP contribution is -2.01. The molecule has 2 aromatic carbocycles. The summed E-state index contributed by atoms with van der Waals surface area (Å²) in [6.45, 7) is 2.39. The predicted octanol–water partition coefficient (Wildman–Crippen LogP) is 5.64. The number of ether oxygens (including phenoxy) is 2. The maximum absolute atomic E-state index is 14.8. The number of aromatic nitrogens is 2. The zero-order valence-electron chi connectivity index (χ0n) is 16.6. The van der Waals surface area contributed by atoms with E-state index in [1.807, 2.05) is 25.2 Å². The van der Waals surface area contributed by atoms with Crippen molar-refractivity contribution in [2.45, 2.75) is 32.6 Å². The fourth-order valence-electron chi connectivity index (χ4n) is 3.17. The van der Waals surface area contributed by atoms with Crippen LogP contribution in [0.4, 0.5) is 4.39 Å². The maximum atomic E-state index is 14.8. The Morgan fingerprint density at radius 2 is 1.86 bits per heavy atom. The van der Waals surface area contributed by atoms with E-state index in [0.29, 0.717) is 30.2 Å². The second kappa shape index (κ2) is 9.87. The summed E-state index contributed by atoms with van der Waals surface area (Å²) >= 11 is 3.46. The molecule has 0 N–H and O–H groups in total. The van der Waals surface area contributed by atoms with Crippen LogP contribution in [0.1, 0.15) is 32.6 Å². The molecule has 29 heavy (non-hydrogen) atoms. The topological polar surface area (TPSA) is 53.4 Å². The molecule has 0 aliphatic carbocycles. The van der Waals surface area contributed by atoms with Crippen molar-refractivity contribution in [2.75, 3.05) is 13.2 Å². The van der Waals surface area contributed by atoms with Gasteiger partial charge in [-0.25, -0.2) is 4.39 Å². The van der Waals surface area contributed by atoms with E-state index in [2.05, 4.69) is 21.0 Å². The Kier molecular flexibility index (Phi) is 7.25. The summed E-state index contributed by atoms with van der Waals surface area (Å²) in [5.41, 5.74) is 2.00. The predicted molar refractivity (Wildman–Crippen MR) is 114 cm³/mol. The molecule has 0 unspecified atom stereocenters. The van der Waals surface area contributed by atoms with Gasteiger partial charge in [0.15, 0.2) is 0 Å². The van der Waals surface area contributed by atoms with E-state index in [0.717, 1.165) is 41.1 Å². The lowest BCUT2D eigenvalue weighted by atomic mass is 10.1. The second-order valence-corrected chi connectivity index (χ2v) is 7.79. The van der Waals surface area contributed by atoms with Crippen molar-refractivity contribution in [3.8, 4) is 17.0 Å². The Morgan fingerprint density at radius 3 is 2.59 bits per heavy atom. The highest BCUT2D eigenvalue weighted by Crippen LogP contribution is 2.32. The average Bonchev–Trinajstić information content (AvgIpc) is 2.99. The number of carbonyl (C=O) groups is 1. The number of benzene rings is 2. The molecule has 3 rings (SSSR count). The van der Waals surface area contributed by atoms with Crippen molar-refractivity contribution < 1.29 is 18.7 Å². The highest BCUT2D eigenvalue weighted by molar-refractivity contribution is 9.10. The summed E-state index contributed by atoms with van der Waals surface area (Å²) in [7, 11) is 1.85. The molecule has 0 radical (unpaired) electrons. The highest BCUT2D eigenvalue weighted by atomic mass is 79.9. The van der Waals surface area contributed by atoms with Crippen LogP contribution in [0.3, 0.4) is 0 Å². The van der Waals surface area contributed by atoms with E-state index in [1.165, 1.54) is 13.0 Å². The van der Waals surface area contributed by atoms with E-state index in [4.69, 9.17) is 9.47 Å². The minimum atomic E-state index is -0.355. The van der Waals surface area contributed by atoms with Crippen molar-refractivity contribution in [1.29, 1.82) is 0 Å². The third-order valence-electron chi connectivity index (χ3n) is 4.62. The molecule has 7 heteroatoms. The van der Waals surface area contributed by atoms with Crippen LogP contribution in [0, 0.1) is 5.82 Å². The van der Waals surface area contributed by atoms with E-state index in [9.17, 15) is 9.18 Å². The van der Waals surface area contributed by atoms with Gasteiger partial charge in [-0.1, -0.05) is 15.9 Å². The number of aryl methyl sites for hydroxylation is 1. The van der Waals surface area contributed by atoms with Crippen LogP contribution >= 0.6 is 15.9 Å². The first-order chi connectivity index (χ1) is 14.0. The van der Waals surface area contributed by atoms with Gasteiger partial charge in [0, 0.05) is 35.5 Å². The van der Waals surface area contributed by atoms with Gasteiger partial charge in [0.2, 0.25) is 0 Å². The maximum Gasteiger partial charge on any atom is 0.302 e. The summed E-state index contributed by atoms with van der Waals surface area (Å²) in [4.78, 5) is 10.7. The van der Waals surface area contributed by atoms with Gasteiger partial charge in [-0.05, 0) is 56.0 Å². The van der Waals surface area contributed by atoms with Gasteiger partial charge in [-0.2, -0.15) is 5.10 Å². The number of unbranched alkanes of at least 4 members (excludes halogenated alkanes) is 3. The van der Waals surface area contributed by atoms with Gasteiger partial charge in [0.05, 0.1) is 18.7 Å². The lowest BCUT2D eigenvalue weighted by Gasteiger charge is -2.08. The third-order valence-corrected chi connectivity index (χ3v) is 5.12. The molecule has 1 heterocycles. The van der Waals surface area contributed by atoms with E-state index < -0.39 is 0 Å². The second-order valence-electron chi connectivity index (χ2n) is 6.88. The van der Waals surface area contributed by atoms with E-state index in [1.54, 1.807) is 16.8 Å². The van der Waals surface area contributed by atoms with Crippen molar-refractivity contribution in [3.63, 3.8) is 0 Å². The fraction of sp³-hybridized carbons (Fsp3) is 0.364. The first-order valence-corrected chi connectivity index (χ1v) is 10.4. The molecule has 0 spiro atoms. The van der Waals surface area contributed by atoms with Crippen LogP contribution in [0.5, 0.6) is 5.75 Å². The number of esters is 1. The van der Waals surface area contributed by atoms with Crippen LogP contribution in [-0.2, 0) is 16.6 Å². The van der Waals surface area contributed by atoms with Gasteiger partial charge in [0.25, 0.3) is 0 Å². The number of nitrogens with zero attached hydrogens (tertiary/aromatic N) is 2. The summed E-state index contributed by atoms with van der Waals surface area (Å²) in [6.07, 6.45) is 3.64. The van der Waals surface area contributed by atoms with Crippen molar-refractivity contribution in [2.24, 2.45) is 7.05 Å². The lowest BCUT2D eigenvalue weighted by molar-refractivity contribution is -0.141. The molecule has 154 valence electrons. The first kappa shape index (κ1) is 21.3. The molecule has 0 amide bonds. The van der Waals surface area contributed by atoms with Gasteiger partial charge in [-0.15, -0.1) is 0 Å². The number of fused-ring (bicyclic) bond motifs is 1. The van der Waals surface area contributed by atoms with Gasteiger partial charge < -0.3 is 9.47 Å². The SMILES string of the molecule is CC(=O)OCCCCCCOc1ccc(-c2nn(C)c3cc(Br)ccc23)c(F)c1. The molecule has 0 atom stereocenters. The molecule has 0 fully saturated rings. The molecule has 5 nitrogen and oxygen atoms in total. The fourth-order valence-corrected chi connectivity index (χ4v) is 3.52. The van der Waals surface area contributed by atoms with Crippen molar-refractivity contribution in [3.05, 3.63) is 46.7 Å². The largest absolute Gasteiger partial charge is 0.493 e. The summed E-state index contributed by atoms with van der Waals surface area (Å²) in [5, 5.41) is 5.40. The van der Waals surface area contributed by atoms with Gasteiger partial charge in [0.1, 0.15) is 17.3 Å². The van der Waals surface area contributed by atoms with Crippen LogP contribution in [0.25, 0.3) is 22.2 Å². The van der Waals surface area contributed by atoms with Crippen molar-refractivity contribution >= 4 is 32.8 Å². The molecule has 0 aliphatic rings. The quantitative estimate of drug-likeness (QED) is 0.304. The summed E-state index contributed by atoms with van der Waals surface area (Å²) in [5.74, 6) is -0.0914. The highest BCUT2D eigenvalue weighted by Gasteiger charge is 2.15. The third kappa shape index (κ3) is 5.56. The molecule has 0 bridgehead atoms. The van der Waals surface area contributed by atoms with E-state index >= 15 is 0 Å². The zero-order chi connectivity index (χ0) is 20.8. The average molecular weight is 463 g/mol. The van der Waals surface area contributed by atoms with Gasteiger partial charge in [-0.3, -0.25) is 9.48 Å². The number of hydrogen-bond acceptors (Lipinski definition) is 4. The smallest absolute Gasteiger partial charge is 0.302 e. The monoisotopic (exact) mass is 462 g/mol. The number of halogens is 2. The van der Waals surface area contributed by atoms with Crippen LogP contribution in [-0.4, -0.2) is 29.0 Å². The van der Waals surface area contributed by atoms with Crippen LogP contribution in [0.15, 0.2) is 40.9 Å². The Hall–Kier alpha value is -2.41. The summed E-state index contributed by atoms with van der Waals surface area (Å²) < 4.78 is 28.0. The van der Waals surface area contributed by atoms with Crippen LogP contribution < -0.4 is 4.74 Å². The minimum Gasteiger partial charge on any atom is -0.493 e. The standard InChI is InChI=1S/C22H24BrFN2O3/c1-15(27)28-11-5-3-4-6-12-29-17-8-10-18(20(24)14-17)22-19-9-7-16(23)13-21(19)26(2)25-22/h7-10,13-14H,3-6,11-12H2,1-2H3. The normalized spacial score (nSPS) is 11.0. The zero-order valence-corrected chi connectivity index (χ0v) is 18.2. The molecule has 0 aliphatic heterocycles. The molecule has 0 saturated carbocycles. The Balaban J connectivity index is 1.57. The molecule has 1 aromatic heterocycles.